The van der Waals surface area contributed by atoms with E-state index in [0.717, 1.165) is 113 Å². The van der Waals surface area contributed by atoms with Crippen molar-refractivity contribution >= 4 is 0 Å². The van der Waals surface area contributed by atoms with Gasteiger partial charge >= 0.3 is 0 Å². The summed E-state index contributed by atoms with van der Waals surface area (Å²) in [6, 6.07) is 138. The van der Waals surface area contributed by atoms with Crippen LogP contribution in [0.2, 0.25) is 0 Å². The standard InChI is InChI=1S/C52H52N2.C44H36N2.C38H32N2/c1-6-7-8-9-10-11-16-40-23-25-41(26-24-40)52-53-35-50(45-20-15-18-43(34-45)47-31-38(4)28-39(5)32-47)51(54-52)49-22-13-12-21-48(49)44-19-14-17-42(33-44)46-29-36(2)27-37(3)30-46;1-29-20-30(2)23-38(22-29)34-14-10-16-36(26-34)40-18-8-9-19-41(40)42-28-45-44(33-12-6-5-7-13-33)46-43(42)37-17-11-15-35(27-37)39-24-31(3)21-32(4)25-39;1-25-15-26(2)18-35(17-25)32-8-5-7-31(21-32)29-11-13-30(14-12-29)38-39-23-37(24-40-38)34-10-6-9-33(22-34)36-19-27(3)16-28(4)20-36/h12-15,17-35H,6-11,16H2,1-5H3;5-28H,1-4H3;5-24H,1-4H3. The van der Waals surface area contributed by atoms with Gasteiger partial charge in [0.2, 0.25) is 0 Å². The molecule has 0 radical (unpaired) electrons. The van der Waals surface area contributed by atoms with Crippen LogP contribution in [-0.2, 0) is 6.42 Å². The van der Waals surface area contributed by atoms with Gasteiger partial charge in [-0.05, 0) is 255 Å². The fourth-order valence-corrected chi connectivity index (χ4v) is 19.8. The minimum absolute atomic E-state index is 0.713. The molecule has 0 atom stereocenters. The Morgan fingerprint density at radius 3 is 0.829 bits per heavy atom. The molecule has 20 rings (SSSR count). The molecular formula is C134H120N6. The SMILES string of the molecule is CCCCCCCCc1ccc(-c2ncc(-c3cccc(-c4cc(C)cc(C)c4)c3)c(-c3ccccc3-c3cccc(-c4cc(C)cc(C)c4)c3)n2)cc1.Cc1cc(C)cc(-c2cccc(-c3ccc(-c4ncc(-c5cccc(-c6cc(C)cc(C)c6)c5)cn4)cc3)c2)c1.Cc1cc(C)cc(-c2cccc(-c3ccccc3-c3cnc(-c4ccccc4)nc3-c3cccc(-c4cc(C)cc(C)c4)c3)c2)c1. The monoisotopic (exact) mass is 1810 g/mol. The highest BCUT2D eigenvalue weighted by atomic mass is 14.9. The molecule has 20 aromatic rings. The summed E-state index contributed by atoms with van der Waals surface area (Å²) in [6.07, 6.45) is 16.8. The second kappa shape index (κ2) is 43.6. The van der Waals surface area contributed by atoms with Crippen molar-refractivity contribution in [2.24, 2.45) is 0 Å². The fourth-order valence-electron chi connectivity index (χ4n) is 19.8. The van der Waals surface area contributed by atoms with Crippen LogP contribution in [0.25, 0.3) is 190 Å². The van der Waals surface area contributed by atoms with Crippen LogP contribution in [0.15, 0.2) is 407 Å². The van der Waals surface area contributed by atoms with Gasteiger partial charge in [-0.1, -0.05) is 452 Å². The van der Waals surface area contributed by atoms with Gasteiger partial charge in [0.25, 0.3) is 0 Å². The lowest BCUT2D eigenvalue weighted by molar-refractivity contribution is 0.607. The summed E-state index contributed by atoms with van der Waals surface area (Å²) in [5.74, 6) is 2.18. The predicted molar refractivity (Wildman–Crippen MR) is 592 cm³/mol. The van der Waals surface area contributed by atoms with Gasteiger partial charge in [-0.2, -0.15) is 0 Å². The van der Waals surface area contributed by atoms with Gasteiger partial charge in [0.05, 0.1) is 11.4 Å². The lowest BCUT2D eigenvalue weighted by Gasteiger charge is -2.16. The lowest BCUT2D eigenvalue weighted by atomic mass is 9.90. The summed E-state index contributed by atoms with van der Waals surface area (Å²) in [5, 5.41) is 0. The van der Waals surface area contributed by atoms with E-state index in [9.17, 15) is 0 Å². The van der Waals surface area contributed by atoms with E-state index in [1.807, 2.05) is 43.0 Å². The van der Waals surface area contributed by atoms with E-state index in [-0.39, 0.29) is 0 Å². The van der Waals surface area contributed by atoms with Crippen molar-refractivity contribution < 1.29 is 0 Å². The average molecular weight is 1810 g/mol. The van der Waals surface area contributed by atoms with Gasteiger partial charge in [0, 0.05) is 69.3 Å². The zero-order chi connectivity index (χ0) is 96.7. The Labute approximate surface area is 828 Å². The first-order valence-electron chi connectivity index (χ1n) is 49.3. The Hall–Kier alpha value is -16.0. The Bertz CT molecular complexity index is 7580. The van der Waals surface area contributed by atoms with Crippen LogP contribution in [-0.4, -0.2) is 29.9 Å². The molecule has 0 saturated heterocycles. The van der Waals surface area contributed by atoms with Gasteiger partial charge in [-0.3, -0.25) is 0 Å². The average Bonchev–Trinajstić information content (AvgIpc) is 0.771. The van der Waals surface area contributed by atoms with Crippen LogP contribution < -0.4 is 0 Å². The third-order valence-corrected chi connectivity index (χ3v) is 26.2. The van der Waals surface area contributed by atoms with Crippen LogP contribution in [0.1, 0.15) is 118 Å². The number of nitrogens with zero attached hydrogens (tertiary/aromatic N) is 6. The molecule has 0 amide bonds. The number of hydrogen-bond donors (Lipinski definition) is 0. The van der Waals surface area contributed by atoms with Crippen LogP contribution in [0, 0.1) is 83.1 Å². The van der Waals surface area contributed by atoms with E-state index in [1.165, 1.54) is 189 Å². The van der Waals surface area contributed by atoms with E-state index in [0.29, 0.717) is 5.82 Å². The summed E-state index contributed by atoms with van der Waals surface area (Å²) < 4.78 is 0. The molecule has 0 aliphatic rings. The van der Waals surface area contributed by atoms with Crippen LogP contribution in [0.5, 0.6) is 0 Å². The number of hydrogen-bond acceptors (Lipinski definition) is 6. The van der Waals surface area contributed by atoms with Crippen LogP contribution in [0.4, 0.5) is 0 Å². The molecule has 686 valence electrons. The van der Waals surface area contributed by atoms with Crippen LogP contribution in [0.3, 0.4) is 0 Å². The Kier molecular flexibility index (Phi) is 29.3. The van der Waals surface area contributed by atoms with E-state index in [4.69, 9.17) is 29.9 Å². The highest BCUT2D eigenvalue weighted by Gasteiger charge is 2.22. The maximum Gasteiger partial charge on any atom is 0.159 e. The molecule has 0 spiro atoms. The molecule has 6 nitrogen and oxygen atoms in total. The molecule has 17 aromatic carbocycles. The minimum Gasteiger partial charge on any atom is -0.236 e. The molecule has 0 aliphatic carbocycles. The maximum absolute atomic E-state index is 5.43. The molecule has 3 aromatic heterocycles. The molecule has 0 saturated carbocycles. The predicted octanol–water partition coefficient (Wildman–Crippen LogP) is 36.4. The second-order valence-corrected chi connectivity index (χ2v) is 38.2. The first kappa shape index (κ1) is 94.3. The quantitative estimate of drug-likeness (QED) is 0.0561. The maximum atomic E-state index is 5.43. The summed E-state index contributed by atoms with van der Waals surface area (Å²) in [7, 11) is 0. The van der Waals surface area contributed by atoms with Gasteiger partial charge in [0.1, 0.15) is 0 Å². The van der Waals surface area contributed by atoms with Crippen molar-refractivity contribution in [3.05, 3.63) is 479 Å². The number of aromatic nitrogens is 6. The Morgan fingerprint density at radius 1 is 0.157 bits per heavy atom. The van der Waals surface area contributed by atoms with Gasteiger partial charge < -0.3 is 0 Å². The lowest BCUT2D eigenvalue weighted by Crippen LogP contribution is -1.98. The van der Waals surface area contributed by atoms with E-state index >= 15 is 0 Å². The molecule has 6 heteroatoms. The minimum atomic E-state index is 0.713. The van der Waals surface area contributed by atoms with Gasteiger partial charge in [-0.15, -0.1) is 0 Å². The molecule has 0 fully saturated rings. The zero-order valence-electron chi connectivity index (χ0n) is 82.8. The second-order valence-electron chi connectivity index (χ2n) is 38.2. The number of aryl methyl sites for hydroxylation is 13. The topological polar surface area (TPSA) is 77.3 Å². The van der Waals surface area contributed by atoms with Crippen molar-refractivity contribution in [1.82, 2.24) is 29.9 Å². The van der Waals surface area contributed by atoms with E-state index < -0.39 is 0 Å². The molecule has 140 heavy (non-hydrogen) atoms. The molecule has 0 N–H and O–H groups in total. The number of benzene rings is 17. The summed E-state index contributed by atoms with van der Waals surface area (Å²) in [5.41, 5.74) is 51.6. The zero-order valence-corrected chi connectivity index (χ0v) is 82.8. The summed E-state index contributed by atoms with van der Waals surface area (Å²) in [4.78, 5) is 30.1. The first-order chi connectivity index (χ1) is 68.2. The smallest absolute Gasteiger partial charge is 0.159 e. The van der Waals surface area contributed by atoms with Gasteiger partial charge in [0.15, 0.2) is 17.5 Å². The van der Waals surface area contributed by atoms with Crippen LogP contribution >= 0.6 is 0 Å². The first-order valence-corrected chi connectivity index (χ1v) is 49.3. The molecule has 0 aliphatic heterocycles. The summed E-state index contributed by atoms with van der Waals surface area (Å²) in [6.45, 7) is 28.1. The van der Waals surface area contributed by atoms with Gasteiger partial charge in [-0.25, -0.2) is 29.9 Å². The Morgan fingerprint density at radius 2 is 0.421 bits per heavy atom. The normalized spacial score (nSPS) is 11.1. The van der Waals surface area contributed by atoms with Crippen molar-refractivity contribution in [3.63, 3.8) is 0 Å². The number of rotatable bonds is 24. The fraction of sp³-hybridized carbons (Fsp3) is 0.149. The third kappa shape index (κ3) is 23.1. The molecule has 0 unspecified atom stereocenters. The largest absolute Gasteiger partial charge is 0.236 e. The van der Waals surface area contributed by atoms with Crippen molar-refractivity contribution in [3.8, 4) is 190 Å². The molecule has 3 heterocycles. The molecular weight excluding hydrogens is 1690 g/mol. The third-order valence-electron chi connectivity index (χ3n) is 26.2. The highest BCUT2D eigenvalue weighted by molar-refractivity contribution is 5.95. The van der Waals surface area contributed by atoms with Crippen molar-refractivity contribution in [2.75, 3.05) is 0 Å². The van der Waals surface area contributed by atoms with E-state index in [1.54, 1.807) is 0 Å². The van der Waals surface area contributed by atoms with E-state index in [2.05, 4.69) is 454 Å². The highest BCUT2D eigenvalue weighted by Crippen LogP contribution is 2.45. The number of unbranched alkanes of at least 4 members (excludes halogenated alkanes) is 5. The van der Waals surface area contributed by atoms with Crippen molar-refractivity contribution in [2.45, 2.75) is 135 Å². The Balaban J connectivity index is 0.000000141. The van der Waals surface area contributed by atoms with Crippen molar-refractivity contribution in [1.29, 1.82) is 0 Å². The summed E-state index contributed by atoms with van der Waals surface area (Å²) >= 11 is 0. The molecule has 0 bridgehead atoms.